The lowest BCUT2D eigenvalue weighted by Crippen LogP contribution is -2.03. The van der Waals surface area contributed by atoms with Crippen molar-refractivity contribution in [1.29, 1.82) is 0 Å². The maximum atomic E-state index is 11.0. The van der Waals surface area contributed by atoms with Crippen molar-refractivity contribution in [3.63, 3.8) is 0 Å². The number of nitrogen functional groups attached to an aromatic ring is 1. The smallest absolute Gasteiger partial charge is 0.151 e. The Morgan fingerprint density at radius 2 is 2.08 bits per heavy atom. The lowest BCUT2D eigenvalue weighted by Gasteiger charge is -2.03. The van der Waals surface area contributed by atoms with Gasteiger partial charge in [0, 0.05) is 16.4 Å². The van der Waals surface area contributed by atoms with Crippen molar-refractivity contribution < 1.29 is 8.42 Å². The van der Waals surface area contributed by atoms with Crippen molar-refractivity contribution in [2.24, 2.45) is 0 Å². The normalized spacial score (nSPS) is 11.5. The third kappa shape index (κ3) is 3.36. The van der Waals surface area contributed by atoms with Crippen LogP contribution in [0.1, 0.15) is 5.56 Å². The summed E-state index contributed by atoms with van der Waals surface area (Å²) in [5, 5.41) is 0. The first kappa shape index (κ1) is 10.5. The molecule has 13 heavy (non-hydrogen) atoms. The van der Waals surface area contributed by atoms with Gasteiger partial charge in [-0.05, 0) is 17.7 Å². The summed E-state index contributed by atoms with van der Waals surface area (Å²) in [4.78, 5) is 0. The summed E-state index contributed by atoms with van der Waals surface area (Å²) in [6, 6.07) is 5.18. The average molecular weight is 264 g/mol. The Labute approximate surface area is 86.0 Å². The Morgan fingerprint density at radius 3 is 2.54 bits per heavy atom. The quantitative estimate of drug-likeness (QED) is 0.825. The molecular formula is C8H10BrNO2S. The first-order valence-corrected chi connectivity index (χ1v) is 6.45. The summed E-state index contributed by atoms with van der Waals surface area (Å²) in [6.07, 6.45) is 1.19. The van der Waals surface area contributed by atoms with Crippen LogP contribution in [0.2, 0.25) is 0 Å². The van der Waals surface area contributed by atoms with Crippen molar-refractivity contribution in [2.45, 2.75) is 5.75 Å². The highest BCUT2D eigenvalue weighted by molar-refractivity contribution is 9.10. The molecule has 1 aromatic carbocycles. The zero-order valence-corrected chi connectivity index (χ0v) is 9.52. The van der Waals surface area contributed by atoms with Crippen LogP contribution in [-0.2, 0) is 15.6 Å². The molecule has 5 heteroatoms. The standard InChI is InChI=1S/C8H10BrNO2S/c1-13(11,12)5-6-2-3-7(9)4-8(6)10/h2-4H,5,10H2,1H3. The van der Waals surface area contributed by atoms with Gasteiger partial charge >= 0.3 is 0 Å². The van der Waals surface area contributed by atoms with Crippen LogP contribution in [-0.4, -0.2) is 14.7 Å². The number of halogens is 1. The second-order valence-corrected chi connectivity index (χ2v) is 5.97. The van der Waals surface area contributed by atoms with E-state index in [1.54, 1.807) is 18.2 Å². The molecule has 72 valence electrons. The Morgan fingerprint density at radius 1 is 1.46 bits per heavy atom. The summed E-state index contributed by atoms with van der Waals surface area (Å²) in [7, 11) is -3.01. The molecule has 0 saturated carbocycles. The number of hydrogen-bond donors (Lipinski definition) is 1. The van der Waals surface area contributed by atoms with E-state index in [1.165, 1.54) is 6.26 Å². The van der Waals surface area contributed by atoms with Crippen molar-refractivity contribution in [1.82, 2.24) is 0 Å². The maximum Gasteiger partial charge on any atom is 0.151 e. The van der Waals surface area contributed by atoms with E-state index in [0.717, 1.165) is 4.47 Å². The van der Waals surface area contributed by atoms with Crippen molar-refractivity contribution in [2.75, 3.05) is 12.0 Å². The Balaban J connectivity index is 3.04. The number of anilines is 1. The molecule has 0 spiro atoms. The van der Waals surface area contributed by atoms with E-state index in [1.807, 2.05) is 0 Å². The van der Waals surface area contributed by atoms with Crippen LogP contribution in [0.3, 0.4) is 0 Å². The summed E-state index contributed by atoms with van der Waals surface area (Å²) in [5.41, 5.74) is 6.78. The third-order valence-electron chi connectivity index (χ3n) is 1.53. The van der Waals surface area contributed by atoms with Crippen LogP contribution in [0, 0.1) is 0 Å². The lowest BCUT2D eigenvalue weighted by molar-refractivity contribution is 0.601. The SMILES string of the molecule is CS(=O)(=O)Cc1ccc(Br)cc1N. The number of rotatable bonds is 2. The van der Waals surface area contributed by atoms with Gasteiger partial charge in [0.15, 0.2) is 9.84 Å². The van der Waals surface area contributed by atoms with Gasteiger partial charge in [0.05, 0.1) is 5.75 Å². The zero-order chi connectivity index (χ0) is 10.1. The number of sulfone groups is 1. The molecular weight excluding hydrogens is 254 g/mol. The first-order valence-electron chi connectivity index (χ1n) is 3.60. The Kier molecular flexibility index (Phi) is 2.98. The van der Waals surface area contributed by atoms with Gasteiger partial charge in [0.25, 0.3) is 0 Å². The topological polar surface area (TPSA) is 60.2 Å². The molecule has 0 heterocycles. The Hall–Kier alpha value is -0.550. The molecule has 0 aliphatic rings. The van der Waals surface area contributed by atoms with Crippen molar-refractivity contribution in [3.05, 3.63) is 28.2 Å². The largest absolute Gasteiger partial charge is 0.398 e. The minimum Gasteiger partial charge on any atom is -0.398 e. The first-order chi connectivity index (χ1) is 5.88. The van der Waals surface area contributed by atoms with E-state index in [2.05, 4.69) is 15.9 Å². The van der Waals surface area contributed by atoms with Gasteiger partial charge in [0.2, 0.25) is 0 Å². The van der Waals surface area contributed by atoms with Gasteiger partial charge < -0.3 is 5.73 Å². The molecule has 0 bridgehead atoms. The predicted octanol–water partition coefficient (Wildman–Crippen LogP) is 1.58. The molecule has 0 aliphatic carbocycles. The summed E-state index contributed by atoms with van der Waals surface area (Å²) in [6.45, 7) is 0. The fourth-order valence-electron chi connectivity index (χ4n) is 0.980. The number of hydrogen-bond acceptors (Lipinski definition) is 3. The van der Waals surface area contributed by atoms with Crippen molar-refractivity contribution >= 4 is 31.5 Å². The average Bonchev–Trinajstić information content (AvgIpc) is 1.93. The fourth-order valence-corrected chi connectivity index (χ4v) is 2.19. The molecule has 1 aromatic rings. The van der Waals surface area contributed by atoms with Crippen LogP contribution in [0.15, 0.2) is 22.7 Å². The molecule has 0 amide bonds. The number of nitrogens with two attached hydrogens (primary N) is 1. The monoisotopic (exact) mass is 263 g/mol. The van der Waals surface area contributed by atoms with Crippen LogP contribution < -0.4 is 5.73 Å². The fraction of sp³-hybridized carbons (Fsp3) is 0.250. The minimum atomic E-state index is -3.01. The molecule has 2 N–H and O–H groups in total. The predicted molar refractivity (Wildman–Crippen MR) is 57.1 cm³/mol. The van der Waals surface area contributed by atoms with E-state index in [0.29, 0.717) is 11.3 Å². The molecule has 0 aromatic heterocycles. The highest BCUT2D eigenvalue weighted by atomic mass is 79.9. The summed E-state index contributed by atoms with van der Waals surface area (Å²) in [5.74, 6) is -0.00782. The molecule has 3 nitrogen and oxygen atoms in total. The van der Waals surface area contributed by atoms with Crippen LogP contribution in [0.25, 0.3) is 0 Å². The molecule has 0 saturated heterocycles. The van der Waals surface area contributed by atoms with Gasteiger partial charge in [-0.25, -0.2) is 8.42 Å². The molecule has 0 unspecified atom stereocenters. The van der Waals surface area contributed by atoms with E-state index in [9.17, 15) is 8.42 Å². The minimum absolute atomic E-state index is 0.00782. The van der Waals surface area contributed by atoms with Crippen LogP contribution in [0.5, 0.6) is 0 Å². The Bertz CT molecular complexity index is 414. The second-order valence-electron chi connectivity index (χ2n) is 2.91. The van der Waals surface area contributed by atoms with Gasteiger partial charge in [-0.1, -0.05) is 22.0 Å². The molecule has 1 rings (SSSR count). The van der Waals surface area contributed by atoms with Gasteiger partial charge in [0.1, 0.15) is 0 Å². The number of benzene rings is 1. The molecule has 0 atom stereocenters. The van der Waals surface area contributed by atoms with Gasteiger partial charge in [-0.3, -0.25) is 0 Å². The van der Waals surface area contributed by atoms with Gasteiger partial charge in [-0.2, -0.15) is 0 Å². The van der Waals surface area contributed by atoms with E-state index in [4.69, 9.17) is 5.73 Å². The summed E-state index contributed by atoms with van der Waals surface area (Å²) < 4.78 is 22.8. The highest BCUT2D eigenvalue weighted by Crippen LogP contribution is 2.19. The zero-order valence-electron chi connectivity index (χ0n) is 7.12. The molecule has 0 fully saturated rings. The third-order valence-corrected chi connectivity index (χ3v) is 2.85. The van der Waals surface area contributed by atoms with E-state index in [-0.39, 0.29) is 5.75 Å². The summed E-state index contributed by atoms with van der Waals surface area (Å²) >= 11 is 3.25. The van der Waals surface area contributed by atoms with Gasteiger partial charge in [-0.15, -0.1) is 0 Å². The lowest BCUT2D eigenvalue weighted by atomic mass is 10.2. The van der Waals surface area contributed by atoms with E-state index >= 15 is 0 Å². The maximum absolute atomic E-state index is 11.0. The highest BCUT2D eigenvalue weighted by Gasteiger charge is 2.07. The van der Waals surface area contributed by atoms with Crippen LogP contribution >= 0.6 is 15.9 Å². The molecule has 0 radical (unpaired) electrons. The van der Waals surface area contributed by atoms with Crippen LogP contribution in [0.4, 0.5) is 5.69 Å². The van der Waals surface area contributed by atoms with Crippen molar-refractivity contribution in [3.8, 4) is 0 Å². The molecule has 0 aliphatic heterocycles. The van der Waals surface area contributed by atoms with E-state index < -0.39 is 9.84 Å². The second kappa shape index (κ2) is 3.67.